The molecule has 0 spiro atoms. The van der Waals surface area contributed by atoms with Crippen molar-refractivity contribution in [2.75, 3.05) is 25.6 Å². The predicted molar refractivity (Wildman–Crippen MR) is 139 cm³/mol. The summed E-state index contributed by atoms with van der Waals surface area (Å²) in [6, 6.07) is 7.07. The van der Waals surface area contributed by atoms with E-state index in [2.05, 4.69) is 15.0 Å². The Morgan fingerprint density at radius 2 is 1.68 bits per heavy atom. The molecule has 0 saturated carbocycles. The van der Waals surface area contributed by atoms with Gasteiger partial charge in [-0.25, -0.2) is 13.8 Å². The Hall–Kier alpha value is -5.06. The summed E-state index contributed by atoms with van der Waals surface area (Å²) < 4.78 is 112. The van der Waals surface area contributed by atoms with E-state index >= 15 is 8.78 Å². The Kier molecular flexibility index (Phi) is 9.17. The van der Waals surface area contributed by atoms with Crippen LogP contribution in [0.25, 0.3) is 17.1 Å². The van der Waals surface area contributed by atoms with Gasteiger partial charge in [0.1, 0.15) is 46.8 Å². The minimum atomic E-state index is -4.99. The first-order valence-corrected chi connectivity index (χ1v) is 12.3. The zero-order valence-electron chi connectivity index (χ0n) is 22.6. The van der Waals surface area contributed by atoms with E-state index in [9.17, 15) is 31.5 Å². The first kappa shape index (κ1) is 31.9. The van der Waals surface area contributed by atoms with Crippen LogP contribution in [-0.2, 0) is 13.2 Å². The van der Waals surface area contributed by atoms with Gasteiger partial charge in [-0.3, -0.25) is 14.3 Å². The van der Waals surface area contributed by atoms with Crippen LogP contribution in [0.5, 0.6) is 17.2 Å². The number of halogens is 7. The van der Waals surface area contributed by atoms with Crippen molar-refractivity contribution in [3.8, 4) is 34.3 Å². The van der Waals surface area contributed by atoms with Gasteiger partial charge in [-0.2, -0.15) is 26.6 Å². The van der Waals surface area contributed by atoms with E-state index in [0.29, 0.717) is 10.7 Å². The molecule has 0 atom stereocenters. The zero-order valence-corrected chi connectivity index (χ0v) is 22.6. The van der Waals surface area contributed by atoms with Gasteiger partial charge in [0.25, 0.3) is 11.5 Å². The zero-order chi connectivity index (χ0) is 32.3. The van der Waals surface area contributed by atoms with Gasteiger partial charge in [-0.1, -0.05) is 0 Å². The van der Waals surface area contributed by atoms with Crippen molar-refractivity contribution < 1.29 is 54.8 Å². The van der Waals surface area contributed by atoms with E-state index in [0.717, 1.165) is 61.3 Å². The molecule has 2 aromatic carbocycles. The van der Waals surface area contributed by atoms with Crippen LogP contribution in [0.4, 0.5) is 36.4 Å². The van der Waals surface area contributed by atoms with E-state index in [1.165, 1.54) is 0 Å². The number of hydrogen-bond donors (Lipinski definition) is 2. The standard InChI is InChI=1S/C27H21F7N4O6/c1-37-22(20-16(28)11-15(42-2)12-17(20)29)21(36-24(40)13-3-5-14(6-4-13)44-26(30)31)25(41)38(37)23-18(43-10-9-39)7-8-19(35-23)27(32,33)34/h3-8,11-12,26,39H,9-10H2,1-2H3,(H,36,40). The highest BCUT2D eigenvalue weighted by molar-refractivity contribution is 6.06. The van der Waals surface area contributed by atoms with Gasteiger partial charge in [0.2, 0.25) is 0 Å². The number of amides is 1. The molecule has 0 unspecified atom stereocenters. The lowest BCUT2D eigenvalue weighted by Gasteiger charge is -2.16. The average molecular weight is 630 g/mol. The number of ether oxygens (including phenoxy) is 3. The van der Waals surface area contributed by atoms with Crippen molar-refractivity contribution in [1.82, 2.24) is 14.3 Å². The topological polar surface area (TPSA) is 117 Å². The molecule has 2 heterocycles. The molecule has 0 radical (unpaired) electrons. The maximum atomic E-state index is 15.3. The lowest BCUT2D eigenvalue weighted by atomic mass is 10.1. The number of aromatic nitrogens is 3. The Balaban J connectivity index is 1.96. The highest BCUT2D eigenvalue weighted by atomic mass is 19.4. The summed E-state index contributed by atoms with van der Waals surface area (Å²) in [7, 11) is 2.19. The van der Waals surface area contributed by atoms with Crippen molar-refractivity contribution in [3.63, 3.8) is 0 Å². The minimum absolute atomic E-state index is 0.216. The van der Waals surface area contributed by atoms with Crippen LogP contribution in [0.1, 0.15) is 16.1 Å². The van der Waals surface area contributed by atoms with Crippen LogP contribution in [0, 0.1) is 11.6 Å². The number of carbonyl (C=O) groups is 1. The van der Waals surface area contributed by atoms with E-state index in [4.69, 9.17) is 14.6 Å². The number of alkyl halides is 5. The van der Waals surface area contributed by atoms with Crippen molar-refractivity contribution >= 4 is 11.6 Å². The summed E-state index contributed by atoms with van der Waals surface area (Å²) in [5, 5.41) is 11.4. The molecule has 17 heteroatoms. The summed E-state index contributed by atoms with van der Waals surface area (Å²) in [6.45, 7) is -4.15. The molecule has 0 bridgehead atoms. The van der Waals surface area contributed by atoms with Crippen LogP contribution >= 0.6 is 0 Å². The van der Waals surface area contributed by atoms with Gasteiger partial charge in [0, 0.05) is 24.7 Å². The number of carbonyl (C=O) groups excluding carboxylic acids is 1. The molecule has 0 aliphatic rings. The van der Waals surface area contributed by atoms with Gasteiger partial charge >= 0.3 is 12.8 Å². The quantitative estimate of drug-likeness (QED) is 0.243. The Morgan fingerprint density at radius 3 is 2.23 bits per heavy atom. The lowest BCUT2D eigenvalue weighted by molar-refractivity contribution is -0.141. The fraction of sp³-hybridized carbons (Fsp3) is 0.222. The van der Waals surface area contributed by atoms with Crippen molar-refractivity contribution in [1.29, 1.82) is 0 Å². The van der Waals surface area contributed by atoms with Gasteiger partial charge in [-0.15, -0.1) is 0 Å². The number of pyridine rings is 1. The molecule has 2 N–H and O–H groups in total. The monoisotopic (exact) mass is 630 g/mol. The number of aliphatic hydroxyl groups is 1. The van der Waals surface area contributed by atoms with Gasteiger partial charge in [-0.05, 0) is 36.4 Å². The third kappa shape index (κ3) is 6.46. The van der Waals surface area contributed by atoms with Crippen molar-refractivity contribution in [3.05, 3.63) is 81.8 Å². The van der Waals surface area contributed by atoms with Crippen LogP contribution in [0.3, 0.4) is 0 Å². The normalized spacial score (nSPS) is 11.5. The van der Waals surface area contributed by atoms with Gasteiger partial charge in [0.05, 0.1) is 19.3 Å². The van der Waals surface area contributed by atoms with Crippen molar-refractivity contribution in [2.45, 2.75) is 12.8 Å². The SMILES string of the molecule is COc1cc(F)c(-c2c(NC(=O)c3ccc(OC(F)F)cc3)c(=O)n(-c3nc(C(F)(F)F)ccc3OCCO)n2C)c(F)c1. The van der Waals surface area contributed by atoms with Crippen LogP contribution < -0.4 is 25.1 Å². The van der Waals surface area contributed by atoms with E-state index in [1.807, 2.05) is 0 Å². The smallest absolute Gasteiger partial charge is 0.433 e. The third-order valence-electron chi connectivity index (χ3n) is 6.01. The van der Waals surface area contributed by atoms with Gasteiger partial charge in [0.15, 0.2) is 11.6 Å². The summed E-state index contributed by atoms with van der Waals surface area (Å²) in [6.07, 6.45) is -4.99. The second kappa shape index (κ2) is 12.7. The molecular weight excluding hydrogens is 609 g/mol. The molecule has 10 nitrogen and oxygen atoms in total. The molecule has 0 saturated heterocycles. The molecule has 1 amide bonds. The number of nitrogens with zero attached hydrogens (tertiary/aromatic N) is 3. The largest absolute Gasteiger partial charge is 0.497 e. The highest BCUT2D eigenvalue weighted by Gasteiger charge is 2.35. The molecule has 0 aliphatic heterocycles. The molecule has 44 heavy (non-hydrogen) atoms. The first-order chi connectivity index (χ1) is 20.8. The van der Waals surface area contributed by atoms with Gasteiger partial charge < -0.3 is 24.6 Å². The summed E-state index contributed by atoms with van der Waals surface area (Å²) in [5.74, 6) is -5.36. The summed E-state index contributed by atoms with van der Waals surface area (Å²) >= 11 is 0. The molecular formula is C27H21F7N4O6. The predicted octanol–water partition coefficient (Wildman–Crippen LogP) is 4.77. The first-order valence-electron chi connectivity index (χ1n) is 12.3. The maximum absolute atomic E-state index is 15.3. The second-order valence-corrected chi connectivity index (χ2v) is 8.78. The Morgan fingerprint density at radius 1 is 1.05 bits per heavy atom. The molecule has 2 aromatic heterocycles. The molecule has 4 rings (SSSR count). The number of benzene rings is 2. The fourth-order valence-corrected chi connectivity index (χ4v) is 4.12. The Labute approximate surface area is 242 Å². The molecule has 4 aromatic rings. The van der Waals surface area contributed by atoms with E-state index < -0.39 is 83.3 Å². The number of methoxy groups -OCH3 is 1. The number of anilines is 1. The van der Waals surface area contributed by atoms with Crippen LogP contribution in [-0.4, -0.2) is 52.3 Å². The summed E-state index contributed by atoms with van der Waals surface area (Å²) in [4.78, 5) is 30.4. The van der Waals surface area contributed by atoms with Crippen LogP contribution in [0.15, 0.2) is 53.3 Å². The average Bonchev–Trinajstić information content (AvgIpc) is 3.19. The number of nitrogens with one attached hydrogen (secondary N) is 1. The van der Waals surface area contributed by atoms with Crippen LogP contribution in [0.2, 0.25) is 0 Å². The van der Waals surface area contributed by atoms with E-state index in [-0.39, 0.29) is 17.1 Å². The molecule has 0 fully saturated rings. The Bertz CT molecular complexity index is 1710. The third-order valence-corrected chi connectivity index (χ3v) is 6.01. The maximum Gasteiger partial charge on any atom is 0.433 e. The number of hydrogen-bond acceptors (Lipinski definition) is 7. The lowest BCUT2D eigenvalue weighted by Crippen LogP contribution is -2.25. The van der Waals surface area contributed by atoms with Crippen molar-refractivity contribution in [2.24, 2.45) is 7.05 Å². The molecule has 234 valence electrons. The second-order valence-electron chi connectivity index (χ2n) is 8.78. The highest BCUT2D eigenvalue weighted by Crippen LogP contribution is 2.36. The minimum Gasteiger partial charge on any atom is -0.497 e. The van der Waals surface area contributed by atoms with E-state index in [1.54, 1.807) is 0 Å². The number of aliphatic hydroxyl groups excluding tert-OH is 1. The summed E-state index contributed by atoms with van der Waals surface area (Å²) in [5.41, 5.74) is -5.26. The fourth-order valence-electron chi connectivity index (χ4n) is 4.12. The molecule has 0 aliphatic carbocycles. The number of rotatable bonds is 10.